The Morgan fingerprint density at radius 3 is 2.12 bits per heavy atom. The van der Waals surface area contributed by atoms with Gasteiger partial charge in [-0.15, -0.1) is 0 Å². The molecule has 0 aliphatic heterocycles. The standard InChI is InChI=1S/C17H19NO5S/c1-11-16(22-3)10-9-15(17(11)23-4)18-24(20,21)14-7-5-13(6-8-14)12(2)19/h5-10,18H,1-4H3. The van der Waals surface area contributed by atoms with Gasteiger partial charge in [0.15, 0.2) is 5.78 Å². The molecule has 6 nitrogen and oxygen atoms in total. The van der Waals surface area contributed by atoms with E-state index in [1.807, 2.05) is 0 Å². The predicted molar refractivity (Wildman–Crippen MR) is 91.5 cm³/mol. The van der Waals surface area contributed by atoms with Gasteiger partial charge in [0.1, 0.15) is 11.5 Å². The molecular formula is C17H19NO5S. The summed E-state index contributed by atoms with van der Waals surface area (Å²) in [6, 6.07) is 8.98. The Morgan fingerprint density at radius 2 is 1.62 bits per heavy atom. The third-order valence-corrected chi connectivity index (χ3v) is 4.98. The van der Waals surface area contributed by atoms with Crippen LogP contribution in [-0.4, -0.2) is 28.4 Å². The second kappa shape index (κ2) is 6.92. The van der Waals surface area contributed by atoms with Crippen LogP contribution in [0.4, 0.5) is 5.69 Å². The molecule has 0 aromatic heterocycles. The van der Waals surface area contributed by atoms with Gasteiger partial charge in [0, 0.05) is 11.1 Å². The van der Waals surface area contributed by atoms with Crippen molar-refractivity contribution in [2.75, 3.05) is 18.9 Å². The number of ketones is 1. The molecule has 0 fully saturated rings. The van der Waals surface area contributed by atoms with Crippen LogP contribution in [0.1, 0.15) is 22.8 Å². The molecule has 1 N–H and O–H groups in total. The van der Waals surface area contributed by atoms with Crippen molar-refractivity contribution >= 4 is 21.5 Å². The number of carbonyl (C=O) groups is 1. The number of nitrogens with one attached hydrogen (secondary N) is 1. The number of Topliss-reactive ketones (excluding diaryl/α,β-unsaturated/α-hetero) is 1. The van der Waals surface area contributed by atoms with E-state index in [1.54, 1.807) is 19.1 Å². The van der Waals surface area contributed by atoms with Gasteiger partial charge in [0.2, 0.25) is 0 Å². The maximum Gasteiger partial charge on any atom is 0.262 e. The van der Waals surface area contributed by atoms with E-state index in [-0.39, 0.29) is 10.7 Å². The van der Waals surface area contributed by atoms with Gasteiger partial charge in [0.25, 0.3) is 10.0 Å². The lowest BCUT2D eigenvalue weighted by Gasteiger charge is -2.16. The van der Waals surface area contributed by atoms with Crippen molar-refractivity contribution in [3.05, 3.63) is 47.5 Å². The summed E-state index contributed by atoms with van der Waals surface area (Å²) in [6.45, 7) is 3.20. The van der Waals surface area contributed by atoms with Crippen LogP contribution < -0.4 is 14.2 Å². The molecule has 0 atom stereocenters. The Kier molecular flexibility index (Phi) is 5.14. The quantitative estimate of drug-likeness (QED) is 0.811. The molecule has 0 amide bonds. The number of ether oxygens (including phenoxy) is 2. The summed E-state index contributed by atoms with van der Waals surface area (Å²) in [6.07, 6.45) is 0. The fraction of sp³-hybridized carbons (Fsp3) is 0.235. The van der Waals surface area contributed by atoms with E-state index >= 15 is 0 Å². The van der Waals surface area contributed by atoms with Crippen LogP contribution in [0.5, 0.6) is 11.5 Å². The molecule has 24 heavy (non-hydrogen) atoms. The number of carbonyl (C=O) groups excluding carboxylic acids is 1. The highest BCUT2D eigenvalue weighted by Gasteiger charge is 2.19. The molecule has 0 heterocycles. The topological polar surface area (TPSA) is 81.7 Å². The van der Waals surface area contributed by atoms with Gasteiger partial charge in [-0.2, -0.15) is 0 Å². The molecule has 128 valence electrons. The first-order chi connectivity index (χ1) is 11.3. The molecule has 2 aromatic carbocycles. The zero-order valence-corrected chi connectivity index (χ0v) is 14.7. The second-order valence-corrected chi connectivity index (χ2v) is 6.84. The summed E-state index contributed by atoms with van der Waals surface area (Å²) in [7, 11) is -0.817. The number of anilines is 1. The molecule has 2 aromatic rings. The Bertz CT molecular complexity index is 857. The number of sulfonamides is 1. The number of methoxy groups -OCH3 is 2. The van der Waals surface area contributed by atoms with Crippen molar-refractivity contribution in [3.8, 4) is 11.5 Å². The minimum Gasteiger partial charge on any atom is -0.496 e. The Morgan fingerprint density at radius 1 is 1.00 bits per heavy atom. The summed E-state index contributed by atoms with van der Waals surface area (Å²) in [5.41, 5.74) is 1.45. The third kappa shape index (κ3) is 3.51. The first-order valence-electron chi connectivity index (χ1n) is 7.15. The van der Waals surface area contributed by atoms with Gasteiger partial charge in [-0.3, -0.25) is 9.52 Å². The SMILES string of the molecule is COc1ccc(NS(=O)(=O)c2ccc(C(C)=O)cc2)c(OC)c1C. The average molecular weight is 349 g/mol. The lowest BCUT2D eigenvalue weighted by Crippen LogP contribution is -2.14. The fourth-order valence-corrected chi connectivity index (χ4v) is 3.37. The van der Waals surface area contributed by atoms with Crippen LogP contribution in [0.2, 0.25) is 0 Å². The van der Waals surface area contributed by atoms with Crippen LogP contribution in [0.3, 0.4) is 0 Å². The number of hydrogen-bond donors (Lipinski definition) is 1. The first-order valence-corrected chi connectivity index (χ1v) is 8.64. The maximum absolute atomic E-state index is 12.5. The van der Waals surface area contributed by atoms with Gasteiger partial charge in [-0.25, -0.2) is 8.42 Å². The van der Waals surface area contributed by atoms with Crippen molar-refractivity contribution in [3.63, 3.8) is 0 Å². The monoisotopic (exact) mass is 349 g/mol. The van der Waals surface area contributed by atoms with E-state index in [1.165, 1.54) is 45.4 Å². The largest absolute Gasteiger partial charge is 0.496 e. The summed E-state index contributed by atoms with van der Waals surface area (Å²) in [5.74, 6) is 0.859. The van der Waals surface area contributed by atoms with Gasteiger partial charge in [-0.1, -0.05) is 12.1 Å². The Balaban J connectivity index is 2.39. The maximum atomic E-state index is 12.5. The summed E-state index contributed by atoms with van der Waals surface area (Å²) in [4.78, 5) is 11.3. The summed E-state index contributed by atoms with van der Waals surface area (Å²) < 4.78 is 38.1. The molecular weight excluding hydrogens is 330 g/mol. The Labute approximate surface area is 141 Å². The van der Waals surface area contributed by atoms with Crippen molar-refractivity contribution in [2.45, 2.75) is 18.7 Å². The van der Waals surface area contributed by atoms with Crippen LogP contribution in [0, 0.1) is 6.92 Å². The van der Waals surface area contributed by atoms with Crippen LogP contribution >= 0.6 is 0 Å². The van der Waals surface area contributed by atoms with Crippen molar-refractivity contribution < 1.29 is 22.7 Å². The number of rotatable bonds is 6. The molecule has 0 bridgehead atoms. The van der Waals surface area contributed by atoms with Crippen molar-refractivity contribution in [1.82, 2.24) is 0 Å². The zero-order valence-electron chi connectivity index (χ0n) is 13.9. The highest BCUT2D eigenvalue weighted by molar-refractivity contribution is 7.92. The molecule has 0 saturated heterocycles. The lowest BCUT2D eigenvalue weighted by atomic mass is 10.2. The Hall–Kier alpha value is -2.54. The van der Waals surface area contributed by atoms with Crippen LogP contribution in [0.25, 0.3) is 0 Å². The molecule has 0 aliphatic carbocycles. The highest BCUT2D eigenvalue weighted by atomic mass is 32.2. The summed E-state index contributed by atoms with van der Waals surface area (Å²) >= 11 is 0. The third-order valence-electron chi connectivity index (χ3n) is 3.60. The van der Waals surface area contributed by atoms with Crippen molar-refractivity contribution in [2.24, 2.45) is 0 Å². The number of benzene rings is 2. The zero-order chi connectivity index (χ0) is 17.9. The van der Waals surface area contributed by atoms with Gasteiger partial charge in [-0.05, 0) is 38.1 Å². The van der Waals surface area contributed by atoms with E-state index in [0.29, 0.717) is 28.3 Å². The van der Waals surface area contributed by atoms with E-state index in [2.05, 4.69) is 4.72 Å². The van der Waals surface area contributed by atoms with E-state index in [4.69, 9.17) is 9.47 Å². The van der Waals surface area contributed by atoms with Crippen LogP contribution in [0.15, 0.2) is 41.3 Å². The normalized spacial score (nSPS) is 11.0. The predicted octanol–water partition coefficient (Wildman–Crippen LogP) is 3.02. The molecule has 7 heteroatoms. The van der Waals surface area contributed by atoms with Gasteiger partial charge in [0.05, 0.1) is 24.8 Å². The number of hydrogen-bond acceptors (Lipinski definition) is 5. The molecule has 0 saturated carbocycles. The second-order valence-electron chi connectivity index (χ2n) is 5.16. The molecule has 0 unspecified atom stereocenters. The van der Waals surface area contributed by atoms with Crippen LogP contribution in [-0.2, 0) is 10.0 Å². The van der Waals surface area contributed by atoms with E-state index in [9.17, 15) is 13.2 Å². The minimum atomic E-state index is -3.81. The first kappa shape index (κ1) is 17.8. The highest BCUT2D eigenvalue weighted by Crippen LogP contribution is 2.36. The fourth-order valence-electron chi connectivity index (χ4n) is 2.31. The molecule has 2 rings (SSSR count). The summed E-state index contributed by atoms with van der Waals surface area (Å²) in [5, 5.41) is 0. The molecule has 0 radical (unpaired) electrons. The van der Waals surface area contributed by atoms with E-state index in [0.717, 1.165) is 0 Å². The molecule has 0 spiro atoms. The van der Waals surface area contributed by atoms with Gasteiger partial charge >= 0.3 is 0 Å². The van der Waals surface area contributed by atoms with Gasteiger partial charge < -0.3 is 9.47 Å². The lowest BCUT2D eigenvalue weighted by molar-refractivity contribution is 0.101. The molecule has 0 aliphatic rings. The average Bonchev–Trinajstić information content (AvgIpc) is 2.55. The van der Waals surface area contributed by atoms with Crippen molar-refractivity contribution in [1.29, 1.82) is 0 Å². The minimum absolute atomic E-state index is 0.0584. The smallest absolute Gasteiger partial charge is 0.262 e. The van der Waals surface area contributed by atoms with E-state index < -0.39 is 10.0 Å².